The largest absolute Gasteiger partial charge is 0.489 e. The van der Waals surface area contributed by atoms with Crippen molar-refractivity contribution in [3.05, 3.63) is 117 Å². The van der Waals surface area contributed by atoms with Gasteiger partial charge in [0.25, 0.3) is 5.69 Å². The average molecular weight is 534 g/mol. The predicted octanol–water partition coefficient (Wildman–Crippen LogP) is 5.89. The van der Waals surface area contributed by atoms with Crippen molar-refractivity contribution in [1.29, 1.82) is 0 Å². The van der Waals surface area contributed by atoms with Crippen LogP contribution in [0.15, 0.2) is 85.1 Å². The molecule has 38 heavy (non-hydrogen) atoms. The summed E-state index contributed by atoms with van der Waals surface area (Å²) in [7, 11) is 0. The van der Waals surface area contributed by atoms with E-state index < -0.39 is 10.9 Å². The van der Waals surface area contributed by atoms with Crippen LogP contribution >= 0.6 is 11.6 Å². The number of amides is 1. The quantitative estimate of drug-likeness (QED) is 0.190. The number of rotatable bonds is 10. The maximum Gasteiger partial charge on any atom is 0.337 e. The Bertz CT molecular complexity index is 1480. The number of nitrogens with zero attached hydrogens (tertiary/aromatic N) is 2. The number of nitrogens with one attached hydrogen (secondary N) is 1. The number of para-hydroxylation sites is 1. The molecule has 0 spiro atoms. The minimum Gasteiger partial charge on any atom is -0.489 e. The van der Waals surface area contributed by atoms with Gasteiger partial charge in [-0.25, -0.2) is 9.78 Å². The third-order valence-corrected chi connectivity index (χ3v) is 5.57. The lowest BCUT2D eigenvalue weighted by atomic mass is 10.1. The van der Waals surface area contributed by atoms with Crippen LogP contribution in [0.25, 0.3) is 0 Å². The Morgan fingerprint density at radius 2 is 1.68 bits per heavy atom. The number of pyridine rings is 1. The first-order valence-electron chi connectivity index (χ1n) is 11.2. The molecule has 0 saturated heterocycles. The fourth-order valence-corrected chi connectivity index (χ4v) is 3.60. The Hall–Kier alpha value is -4.96. The van der Waals surface area contributed by atoms with Crippen molar-refractivity contribution < 1.29 is 29.1 Å². The molecular weight excluding hydrogens is 514 g/mol. The maximum absolute atomic E-state index is 12.4. The van der Waals surface area contributed by atoms with Crippen LogP contribution in [0.4, 0.5) is 11.4 Å². The Labute approximate surface area is 221 Å². The molecule has 1 aromatic heterocycles. The van der Waals surface area contributed by atoms with Crippen LogP contribution < -0.4 is 14.8 Å². The SMILES string of the molecule is O=C(Cc1ccc(Oc2ccc(OCc3ccc(Cl)c([N+](=O)[O-])c3)cc2)nc1)Nc1ccccc1C(=O)O. The van der Waals surface area contributed by atoms with Crippen molar-refractivity contribution >= 4 is 34.9 Å². The van der Waals surface area contributed by atoms with E-state index in [1.807, 2.05) is 0 Å². The van der Waals surface area contributed by atoms with Crippen molar-refractivity contribution in [2.24, 2.45) is 0 Å². The van der Waals surface area contributed by atoms with E-state index in [2.05, 4.69) is 10.3 Å². The highest BCUT2D eigenvalue weighted by Crippen LogP contribution is 2.27. The lowest BCUT2D eigenvalue weighted by Crippen LogP contribution is -2.16. The molecule has 0 saturated carbocycles. The Morgan fingerprint density at radius 1 is 0.974 bits per heavy atom. The standard InChI is InChI=1S/C27H20ClN3O7/c28-22-11-5-18(13-24(22)31(35)36)16-37-19-7-9-20(10-8-19)38-26-12-6-17(15-29-26)14-25(32)30-23-4-2-1-3-21(23)27(33)34/h1-13,15H,14,16H2,(H,30,32)(H,33,34). The number of aromatic nitrogens is 1. The van der Waals surface area contributed by atoms with Crippen LogP contribution in [0, 0.1) is 10.1 Å². The van der Waals surface area contributed by atoms with Crippen LogP contribution in [-0.4, -0.2) is 26.9 Å². The van der Waals surface area contributed by atoms with E-state index in [-0.39, 0.29) is 40.9 Å². The molecule has 4 rings (SSSR count). The summed E-state index contributed by atoms with van der Waals surface area (Å²) in [6.45, 7) is 0.122. The number of carboxylic acids is 1. The van der Waals surface area contributed by atoms with Crippen LogP contribution in [0.5, 0.6) is 17.4 Å². The number of hydrogen-bond donors (Lipinski definition) is 2. The summed E-state index contributed by atoms with van der Waals surface area (Å²) in [4.78, 5) is 38.3. The average Bonchev–Trinajstić information content (AvgIpc) is 2.90. The highest BCUT2D eigenvalue weighted by Gasteiger charge is 2.14. The van der Waals surface area contributed by atoms with E-state index in [9.17, 15) is 24.8 Å². The fourth-order valence-electron chi connectivity index (χ4n) is 3.41. The van der Waals surface area contributed by atoms with Crippen LogP contribution in [-0.2, 0) is 17.8 Å². The van der Waals surface area contributed by atoms with E-state index in [1.54, 1.807) is 54.6 Å². The number of anilines is 1. The summed E-state index contributed by atoms with van der Waals surface area (Å²) in [5, 5.41) is 22.9. The van der Waals surface area contributed by atoms with Gasteiger partial charge >= 0.3 is 5.97 Å². The third kappa shape index (κ3) is 6.83. The number of carbonyl (C=O) groups is 2. The zero-order valence-corrected chi connectivity index (χ0v) is 20.4. The summed E-state index contributed by atoms with van der Waals surface area (Å²) < 4.78 is 11.4. The van der Waals surface area contributed by atoms with Gasteiger partial charge in [-0.2, -0.15) is 0 Å². The number of carboxylic acid groups (broad SMARTS) is 1. The molecular formula is C27H20ClN3O7. The number of nitro benzene ring substituents is 1. The van der Waals surface area contributed by atoms with Crippen molar-refractivity contribution in [1.82, 2.24) is 4.98 Å². The summed E-state index contributed by atoms with van der Waals surface area (Å²) >= 11 is 5.83. The molecule has 192 valence electrons. The van der Waals surface area contributed by atoms with Gasteiger partial charge in [0, 0.05) is 18.3 Å². The van der Waals surface area contributed by atoms with Crippen molar-refractivity contribution in [3.63, 3.8) is 0 Å². The van der Waals surface area contributed by atoms with Crippen molar-refractivity contribution in [2.75, 3.05) is 5.32 Å². The Balaban J connectivity index is 1.30. The molecule has 11 heteroatoms. The monoisotopic (exact) mass is 533 g/mol. The molecule has 3 aromatic carbocycles. The second-order valence-corrected chi connectivity index (χ2v) is 8.39. The lowest BCUT2D eigenvalue weighted by Gasteiger charge is -2.10. The van der Waals surface area contributed by atoms with Crippen molar-refractivity contribution in [2.45, 2.75) is 13.0 Å². The van der Waals surface area contributed by atoms with Gasteiger partial charge in [0.15, 0.2) is 0 Å². The van der Waals surface area contributed by atoms with Crippen LogP contribution in [0.3, 0.4) is 0 Å². The van der Waals surface area contributed by atoms with E-state index in [1.165, 1.54) is 30.5 Å². The zero-order chi connectivity index (χ0) is 27.1. The number of ether oxygens (including phenoxy) is 2. The van der Waals surface area contributed by atoms with Gasteiger partial charge in [0.05, 0.1) is 22.6 Å². The number of hydrogen-bond acceptors (Lipinski definition) is 7. The molecule has 1 amide bonds. The molecule has 0 radical (unpaired) electrons. The van der Waals surface area contributed by atoms with E-state index >= 15 is 0 Å². The maximum atomic E-state index is 12.4. The van der Waals surface area contributed by atoms with Gasteiger partial charge in [0.1, 0.15) is 23.1 Å². The number of benzene rings is 3. The van der Waals surface area contributed by atoms with E-state index in [0.717, 1.165) is 0 Å². The molecule has 0 fully saturated rings. The zero-order valence-electron chi connectivity index (χ0n) is 19.7. The first-order valence-corrected chi connectivity index (χ1v) is 11.6. The van der Waals surface area contributed by atoms with Gasteiger partial charge in [0.2, 0.25) is 11.8 Å². The third-order valence-electron chi connectivity index (χ3n) is 5.25. The smallest absolute Gasteiger partial charge is 0.337 e. The fraction of sp³-hybridized carbons (Fsp3) is 0.0741. The molecule has 0 bridgehead atoms. The molecule has 2 N–H and O–H groups in total. The number of aromatic carboxylic acids is 1. The van der Waals surface area contributed by atoms with Crippen molar-refractivity contribution in [3.8, 4) is 17.4 Å². The minimum absolute atomic E-state index is 0.00401. The molecule has 0 aliphatic heterocycles. The van der Waals surface area contributed by atoms with Crippen LogP contribution in [0.1, 0.15) is 21.5 Å². The van der Waals surface area contributed by atoms with E-state index in [0.29, 0.717) is 28.5 Å². The minimum atomic E-state index is -1.13. The first kappa shape index (κ1) is 26.1. The molecule has 0 aliphatic rings. The normalized spacial score (nSPS) is 10.4. The van der Waals surface area contributed by atoms with Gasteiger partial charge in [-0.3, -0.25) is 14.9 Å². The van der Waals surface area contributed by atoms with Gasteiger partial charge < -0.3 is 19.9 Å². The molecule has 10 nitrogen and oxygen atoms in total. The van der Waals surface area contributed by atoms with Gasteiger partial charge in [-0.15, -0.1) is 0 Å². The highest BCUT2D eigenvalue weighted by atomic mass is 35.5. The first-order chi connectivity index (χ1) is 18.3. The van der Waals surface area contributed by atoms with Gasteiger partial charge in [-0.1, -0.05) is 35.9 Å². The number of halogens is 1. The molecule has 0 aliphatic carbocycles. The molecule has 0 unspecified atom stereocenters. The highest BCUT2D eigenvalue weighted by molar-refractivity contribution is 6.32. The predicted molar refractivity (Wildman–Crippen MR) is 139 cm³/mol. The summed E-state index contributed by atoms with van der Waals surface area (Å²) in [5.74, 6) is -0.154. The molecule has 4 aromatic rings. The lowest BCUT2D eigenvalue weighted by molar-refractivity contribution is -0.384. The molecule has 0 atom stereocenters. The number of nitro groups is 1. The summed E-state index contributed by atoms with van der Waals surface area (Å²) in [6.07, 6.45) is 1.50. The number of carbonyl (C=O) groups excluding carboxylic acids is 1. The second kappa shape index (κ2) is 11.8. The summed E-state index contributed by atoms with van der Waals surface area (Å²) in [6, 6.07) is 20.7. The van der Waals surface area contributed by atoms with Crippen LogP contribution in [0.2, 0.25) is 5.02 Å². The van der Waals surface area contributed by atoms with E-state index in [4.69, 9.17) is 21.1 Å². The Morgan fingerprint density at radius 3 is 2.37 bits per heavy atom. The topological polar surface area (TPSA) is 141 Å². The second-order valence-electron chi connectivity index (χ2n) is 7.99. The van der Waals surface area contributed by atoms with Gasteiger partial charge in [-0.05, 0) is 53.6 Å². The summed E-state index contributed by atoms with van der Waals surface area (Å²) in [5.41, 5.74) is 1.27. The Kier molecular flexibility index (Phi) is 8.14. The molecule has 1 heterocycles.